The lowest BCUT2D eigenvalue weighted by Crippen LogP contribution is -2.48. The molecule has 1 saturated heterocycles. The zero-order valence-electron chi connectivity index (χ0n) is 20.9. The molecule has 36 heavy (non-hydrogen) atoms. The summed E-state index contributed by atoms with van der Waals surface area (Å²) in [6.07, 6.45) is 5.31. The Kier molecular flexibility index (Phi) is 9.62. The molecule has 4 rings (SSSR count). The summed E-state index contributed by atoms with van der Waals surface area (Å²) in [7, 11) is 0. The zero-order chi connectivity index (χ0) is 25.2. The third-order valence-corrected chi connectivity index (χ3v) is 7.19. The van der Waals surface area contributed by atoms with E-state index >= 15 is 0 Å². The Hall–Kier alpha value is -3.05. The van der Waals surface area contributed by atoms with E-state index in [4.69, 9.17) is 0 Å². The van der Waals surface area contributed by atoms with Crippen molar-refractivity contribution in [2.75, 3.05) is 32.7 Å². The molecule has 0 saturated carbocycles. The lowest BCUT2D eigenvalue weighted by molar-refractivity contribution is -0.133. The fourth-order valence-electron chi connectivity index (χ4n) is 5.07. The number of carbonyl (C=O) groups excluding carboxylic acids is 1. The minimum absolute atomic E-state index is 0.0562. The molecule has 0 radical (unpaired) electrons. The molecule has 0 aliphatic carbocycles. The van der Waals surface area contributed by atoms with Crippen LogP contribution in [-0.4, -0.2) is 48.4 Å². The van der Waals surface area contributed by atoms with E-state index in [-0.39, 0.29) is 23.5 Å². The van der Waals surface area contributed by atoms with Crippen molar-refractivity contribution in [1.82, 2.24) is 9.80 Å². The van der Waals surface area contributed by atoms with Gasteiger partial charge in [-0.3, -0.25) is 9.69 Å². The normalized spacial score (nSPS) is 14.4. The van der Waals surface area contributed by atoms with Gasteiger partial charge in [0.15, 0.2) is 0 Å². The van der Waals surface area contributed by atoms with Crippen molar-refractivity contribution in [3.8, 4) is 0 Å². The SMILES string of the molecule is O=C(CCCCC(c1ccc(F)cc1)c1ccc(F)cc1)N1CCN(CCCc2ccccc2)CC1. The van der Waals surface area contributed by atoms with Gasteiger partial charge in [-0.25, -0.2) is 8.78 Å². The van der Waals surface area contributed by atoms with Gasteiger partial charge in [0.2, 0.25) is 5.91 Å². The predicted octanol–water partition coefficient (Wildman–Crippen LogP) is 6.43. The number of piperazine rings is 1. The van der Waals surface area contributed by atoms with Gasteiger partial charge in [0.05, 0.1) is 0 Å². The maximum atomic E-state index is 13.4. The van der Waals surface area contributed by atoms with Crippen LogP contribution in [0.25, 0.3) is 0 Å². The van der Waals surface area contributed by atoms with Crippen LogP contribution in [-0.2, 0) is 11.2 Å². The largest absolute Gasteiger partial charge is 0.340 e. The average Bonchev–Trinajstić information content (AvgIpc) is 2.91. The highest BCUT2D eigenvalue weighted by Gasteiger charge is 2.21. The Morgan fingerprint density at radius 1 is 0.722 bits per heavy atom. The van der Waals surface area contributed by atoms with Crippen LogP contribution in [0.5, 0.6) is 0 Å². The molecular formula is C31H36F2N2O. The number of benzene rings is 3. The topological polar surface area (TPSA) is 23.6 Å². The van der Waals surface area contributed by atoms with Gasteiger partial charge in [0.1, 0.15) is 11.6 Å². The minimum Gasteiger partial charge on any atom is -0.340 e. The lowest BCUT2D eigenvalue weighted by atomic mass is 9.87. The number of hydrogen-bond acceptors (Lipinski definition) is 2. The number of carbonyl (C=O) groups is 1. The highest BCUT2D eigenvalue weighted by Crippen LogP contribution is 2.30. The highest BCUT2D eigenvalue weighted by atomic mass is 19.1. The molecule has 3 aromatic carbocycles. The quantitative estimate of drug-likeness (QED) is 0.289. The van der Waals surface area contributed by atoms with Gasteiger partial charge in [-0.05, 0) is 73.2 Å². The summed E-state index contributed by atoms with van der Waals surface area (Å²) in [6, 6.07) is 23.7. The molecule has 0 unspecified atom stereocenters. The molecule has 3 aromatic rings. The molecule has 1 fully saturated rings. The number of unbranched alkanes of at least 4 members (excludes halogenated alkanes) is 1. The van der Waals surface area contributed by atoms with Crippen molar-refractivity contribution in [3.05, 3.63) is 107 Å². The van der Waals surface area contributed by atoms with Crippen LogP contribution in [0.2, 0.25) is 0 Å². The Labute approximate surface area is 213 Å². The number of aryl methyl sites for hydroxylation is 1. The first-order valence-electron chi connectivity index (χ1n) is 13.1. The van der Waals surface area contributed by atoms with Crippen LogP contribution >= 0.6 is 0 Å². The first-order chi connectivity index (χ1) is 17.6. The third kappa shape index (κ3) is 7.72. The van der Waals surface area contributed by atoms with Crippen molar-refractivity contribution in [3.63, 3.8) is 0 Å². The summed E-state index contributed by atoms with van der Waals surface area (Å²) < 4.78 is 26.9. The summed E-state index contributed by atoms with van der Waals surface area (Å²) >= 11 is 0. The second kappa shape index (κ2) is 13.3. The van der Waals surface area contributed by atoms with E-state index in [9.17, 15) is 13.6 Å². The molecule has 1 aliphatic heterocycles. The molecule has 190 valence electrons. The molecular weight excluding hydrogens is 454 g/mol. The fourth-order valence-corrected chi connectivity index (χ4v) is 5.07. The van der Waals surface area contributed by atoms with Gasteiger partial charge in [-0.2, -0.15) is 0 Å². The molecule has 1 aliphatic rings. The van der Waals surface area contributed by atoms with Crippen LogP contribution in [0.1, 0.15) is 54.7 Å². The molecule has 0 bridgehead atoms. The predicted molar refractivity (Wildman–Crippen MR) is 141 cm³/mol. The van der Waals surface area contributed by atoms with Crippen molar-refractivity contribution < 1.29 is 13.6 Å². The van der Waals surface area contributed by atoms with Gasteiger partial charge in [0, 0.05) is 38.5 Å². The number of hydrogen-bond donors (Lipinski definition) is 0. The number of halogens is 2. The van der Waals surface area contributed by atoms with Gasteiger partial charge < -0.3 is 4.90 Å². The molecule has 1 heterocycles. The van der Waals surface area contributed by atoms with Crippen molar-refractivity contribution in [1.29, 1.82) is 0 Å². The van der Waals surface area contributed by atoms with Crippen LogP contribution in [0.4, 0.5) is 8.78 Å². The molecule has 1 amide bonds. The second-order valence-corrected chi connectivity index (χ2v) is 9.71. The van der Waals surface area contributed by atoms with E-state index in [1.54, 1.807) is 24.3 Å². The standard InChI is InChI=1S/C31H36F2N2O/c32-28-16-12-26(13-17-28)30(27-14-18-29(33)19-15-27)10-4-5-11-31(36)35-23-21-34(22-24-35)20-6-9-25-7-2-1-3-8-25/h1-3,7-8,12-19,30H,4-6,9-11,20-24H2. The molecule has 0 aromatic heterocycles. The van der Waals surface area contributed by atoms with E-state index in [0.29, 0.717) is 6.42 Å². The summed E-state index contributed by atoms with van der Waals surface area (Å²) in [5, 5.41) is 0. The molecule has 0 N–H and O–H groups in total. The maximum Gasteiger partial charge on any atom is 0.222 e. The fraction of sp³-hybridized carbons (Fsp3) is 0.387. The van der Waals surface area contributed by atoms with Crippen LogP contribution in [0.3, 0.4) is 0 Å². The van der Waals surface area contributed by atoms with Gasteiger partial charge >= 0.3 is 0 Å². The van der Waals surface area contributed by atoms with E-state index in [1.807, 2.05) is 4.90 Å². The van der Waals surface area contributed by atoms with Gasteiger partial charge in [0.25, 0.3) is 0 Å². The Bertz CT molecular complexity index is 1020. The Morgan fingerprint density at radius 2 is 1.31 bits per heavy atom. The van der Waals surface area contributed by atoms with Crippen LogP contribution < -0.4 is 0 Å². The maximum absolute atomic E-state index is 13.4. The lowest BCUT2D eigenvalue weighted by Gasteiger charge is -2.35. The van der Waals surface area contributed by atoms with Gasteiger partial charge in [-0.1, -0.05) is 61.0 Å². The number of nitrogens with zero attached hydrogens (tertiary/aromatic N) is 2. The van der Waals surface area contributed by atoms with E-state index < -0.39 is 0 Å². The zero-order valence-corrected chi connectivity index (χ0v) is 20.9. The highest BCUT2D eigenvalue weighted by molar-refractivity contribution is 5.76. The molecule has 5 heteroatoms. The second-order valence-electron chi connectivity index (χ2n) is 9.71. The van der Waals surface area contributed by atoms with Crippen molar-refractivity contribution in [2.45, 2.75) is 44.4 Å². The summed E-state index contributed by atoms with van der Waals surface area (Å²) in [5.74, 6) is -0.239. The van der Waals surface area contributed by atoms with Gasteiger partial charge in [-0.15, -0.1) is 0 Å². The molecule has 0 spiro atoms. The van der Waals surface area contributed by atoms with Crippen LogP contribution in [0.15, 0.2) is 78.9 Å². The number of amides is 1. The van der Waals surface area contributed by atoms with E-state index in [2.05, 4.69) is 35.2 Å². The average molecular weight is 491 g/mol. The monoisotopic (exact) mass is 490 g/mol. The summed E-state index contributed by atoms with van der Waals surface area (Å²) in [4.78, 5) is 17.3. The Balaban J connectivity index is 1.18. The molecule has 3 nitrogen and oxygen atoms in total. The summed E-state index contributed by atoms with van der Waals surface area (Å²) in [5.41, 5.74) is 3.41. The molecule has 0 atom stereocenters. The van der Waals surface area contributed by atoms with E-state index in [0.717, 1.165) is 76.0 Å². The number of rotatable bonds is 11. The smallest absolute Gasteiger partial charge is 0.222 e. The first kappa shape index (κ1) is 26.0. The van der Waals surface area contributed by atoms with Crippen LogP contribution in [0, 0.1) is 11.6 Å². The van der Waals surface area contributed by atoms with E-state index in [1.165, 1.54) is 29.8 Å². The van der Waals surface area contributed by atoms with Crippen molar-refractivity contribution in [2.24, 2.45) is 0 Å². The first-order valence-corrected chi connectivity index (χ1v) is 13.1. The van der Waals surface area contributed by atoms with Crippen molar-refractivity contribution >= 4 is 5.91 Å². The minimum atomic E-state index is -0.265. The summed E-state index contributed by atoms with van der Waals surface area (Å²) in [6.45, 7) is 4.57. The Morgan fingerprint density at radius 3 is 1.89 bits per heavy atom. The third-order valence-electron chi connectivity index (χ3n) is 7.19.